The Morgan fingerprint density at radius 1 is 0.971 bits per heavy atom. The van der Waals surface area contributed by atoms with Gasteiger partial charge in [0, 0.05) is 5.92 Å². The second kappa shape index (κ2) is 9.97. The number of aryl methyl sites for hydroxylation is 1. The number of nitrogens with one attached hydrogen (secondary N) is 2. The zero-order valence-corrected chi connectivity index (χ0v) is 19.1. The van der Waals surface area contributed by atoms with E-state index in [1.165, 1.54) is 0 Å². The molecule has 8 heteroatoms. The number of carboxylic acid groups (broad SMARTS) is 1. The van der Waals surface area contributed by atoms with Crippen molar-refractivity contribution in [1.82, 2.24) is 5.32 Å². The second-order valence-electron chi connectivity index (χ2n) is 8.04. The lowest BCUT2D eigenvalue weighted by Gasteiger charge is -2.19. The fraction of sp³-hybridized carbons (Fsp3) is 0.192. The predicted molar refractivity (Wildman–Crippen MR) is 129 cm³/mol. The van der Waals surface area contributed by atoms with Crippen LogP contribution in [-0.2, 0) is 14.3 Å². The third-order valence-electron chi connectivity index (χ3n) is 5.80. The molecule has 1 unspecified atom stereocenters. The number of carbonyl (C=O) groups is 3. The van der Waals surface area contributed by atoms with E-state index in [-0.39, 0.29) is 12.5 Å². The van der Waals surface area contributed by atoms with E-state index in [1.807, 2.05) is 48.5 Å². The van der Waals surface area contributed by atoms with Gasteiger partial charge in [-0.05, 0) is 40.8 Å². The first-order chi connectivity index (χ1) is 16.3. The molecule has 0 radical (unpaired) electrons. The number of hydrogen-bond donors (Lipinski definition) is 3. The van der Waals surface area contributed by atoms with Gasteiger partial charge in [-0.3, -0.25) is 9.59 Å². The van der Waals surface area contributed by atoms with Crippen molar-refractivity contribution in [3.63, 3.8) is 0 Å². The zero-order chi connectivity index (χ0) is 24.2. The number of anilines is 1. The van der Waals surface area contributed by atoms with Gasteiger partial charge in [0.15, 0.2) is 0 Å². The van der Waals surface area contributed by atoms with Gasteiger partial charge in [-0.25, -0.2) is 4.79 Å². The summed E-state index contributed by atoms with van der Waals surface area (Å²) in [5.74, 6) is -2.10. The van der Waals surface area contributed by atoms with Crippen molar-refractivity contribution in [3.8, 4) is 11.1 Å². The molecule has 0 aromatic heterocycles. The minimum atomic E-state index is -1.34. The van der Waals surface area contributed by atoms with Crippen LogP contribution in [0.5, 0.6) is 0 Å². The van der Waals surface area contributed by atoms with Crippen LogP contribution in [0.1, 0.15) is 29.0 Å². The van der Waals surface area contributed by atoms with Gasteiger partial charge in [0.25, 0.3) is 0 Å². The minimum Gasteiger partial charge on any atom is -0.481 e. The van der Waals surface area contributed by atoms with Crippen LogP contribution in [-0.4, -0.2) is 35.7 Å². The van der Waals surface area contributed by atoms with Gasteiger partial charge < -0.3 is 20.5 Å². The maximum absolute atomic E-state index is 12.8. The highest BCUT2D eigenvalue weighted by molar-refractivity contribution is 6.34. The van der Waals surface area contributed by atoms with Gasteiger partial charge in [0.05, 0.1) is 17.1 Å². The molecule has 0 heterocycles. The molecule has 1 atom stereocenters. The van der Waals surface area contributed by atoms with E-state index in [0.717, 1.165) is 22.3 Å². The van der Waals surface area contributed by atoms with E-state index in [2.05, 4.69) is 10.6 Å². The summed E-state index contributed by atoms with van der Waals surface area (Å²) in [5, 5.41) is 14.5. The van der Waals surface area contributed by atoms with Crippen LogP contribution in [0.3, 0.4) is 0 Å². The molecular weight excluding hydrogens is 456 g/mol. The molecule has 3 aromatic rings. The predicted octanol–water partition coefficient (Wildman–Crippen LogP) is 4.97. The molecule has 174 valence electrons. The first kappa shape index (κ1) is 23.3. The Balaban J connectivity index is 1.45. The molecule has 34 heavy (non-hydrogen) atoms. The molecule has 2 amide bonds. The number of rotatable bonds is 7. The van der Waals surface area contributed by atoms with Crippen LogP contribution in [0.25, 0.3) is 11.1 Å². The van der Waals surface area contributed by atoms with E-state index in [4.69, 9.17) is 16.3 Å². The number of amides is 2. The summed E-state index contributed by atoms with van der Waals surface area (Å²) in [6.07, 6.45) is -1.49. The number of carboxylic acids is 1. The molecular formula is C26H23ClN2O5. The maximum atomic E-state index is 12.8. The number of carbonyl (C=O) groups excluding carboxylic acids is 2. The fourth-order valence-electron chi connectivity index (χ4n) is 4.17. The number of benzene rings is 3. The Kier molecular flexibility index (Phi) is 6.84. The highest BCUT2D eigenvalue weighted by Gasteiger charge is 2.30. The first-order valence-corrected chi connectivity index (χ1v) is 11.1. The molecule has 0 spiro atoms. The number of alkyl carbamates (subject to hydrolysis) is 1. The summed E-state index contributed by atoms with van der Waals surface area (Å²) >= 11 is 6.15. The third-order valence-corrected chi connectivity index (χ3v) is 6.12. The van der Waals surface area contributed by atoms with Crippen LogP contribution < -0.4 is 10.6 Å². The molecule has 1 aliphatic rings. The Morgan fingerprint density at radius 3 is 2.18 bits per heavy atom. The number of aliphatic carboxylic acids is 1. The highest BCUT2D eigenvalue weighted by atomic mass is 35.5. The monoisotopic (exact) mass is 478 g/mol. The van der Waals surface area contributed by atoms with Crippen molar-refractivity contribution in [2.75, 3.05) is 11.9 Å². The van der Waals surface area contributed by atoms with Gasteiger partial charge in [-0.15, -0.1) is 0 Å². The number of para-hydroxylation sites is 1. The van der Waals surface area contributed by atoms with Crippen LogP contribution in [0, 0.1) is 6.92 Å². The zero-order valence-electron chi connectivity index (χ0n) is 18.4. The molecule has 3 N–H and O–H groups in total. The summed E-state index contributed by atoms with van der Waals surface area (Å²) in [7, 11) is 0. The number of halogens is 1. The van der Waals surface area contributed by atoms with Gasteiger partial charge in [-0.1, -0.05) is 72.3 Å². The summed E-state index contributed by atoms with van der Waals surface area (Å²) in [6, 6.07) is 19.6. The van der Waals surface area contributed by atoms with E-state index >= 15 is 0 Å². The third kappa shape index (κ3) is 4.89. The van der Waals surface area contributed by atoms with Crippen molar-refractivity contribution >= 4 is 35.3 Å². The molecule has 3 aromatic carbocycles. The highest BCUT2D eigenvalue weighted by Crippen LogP contribution is 2.44. The van der Waals surface area contributed by atoms with E-state index < -0.39 is 30.4 Å². The van der Waals surface area contributed by atoms with Gasteiger partial charge in [-0.2, -0.15) is 0 Å². The Labute approximate surface area is 201 Å². The normalized spacial score (nSPS) is 12.9. The van der Waals surface area contributed by atoms with Crippen molar-refractivity contribution in [2.24, 2.45) is 0 Å². The second-order valence-corrected chi connectivity index (χ2v) is 8.45. The standard InChI is InChI=1S/C26H23ClN2O5/c1-15-7-6-12-21(27)24(15)29-25(32)22(13-23(30)31)28-26(33)34-14-20-18-10-4-2-8-16(18)17-9-3-5-11-19(17)20/h2-12,20,22H,13-14H2,1H3,(H,28,33)(H,29,32)(H,30,31). The summed E-state index contributed by atoms with van der Waals surface area (Å²) < 4.78 is 5.45. The van der Waals surface area contributed by atoms with Gasteiger partial charge >= 0.3 is 12.1 Å². The smallest absolute Gasteiger partial charge is 0.407 e. The van der Waals surface area contributed by atoms with E-state index in [1.54, 1.807) is 25.1 Å². The SMILES string of the molecule is Cc1cccc(Cl)c1NC(=O)C(CC(=O)O)NC(=O)OCC1c2ccccc2-c2ccccc21. The lowest BCUT2D eigenvalue weighted by Crippen LogP contribution is -2.45. The number of ether oxygens (including phenoxy) is 1. The van der Waals surface area contributed by atoms with Gasteiger partial charge in [0.2, 0.25) is 5.91 Å². The summed E-state index contributed by atoms with van der Waals surface area (Å²) in [5.41, 5.74) is 5.33. The maximum Gasteiger partial charge on any atom is 0.407 e. The van der Waals surface area contributed by atoms with Crippen LogP contribution in [0.2, 0.25) is 5.02 Å². The molecule has 0 saturated heterocycles. The van der Waals surface area contributed by atoms with E-state index in [9.17, 15) is 19.5 Å². The average Bonchev–Trinajstić information content (AvgIpc) is 3.13. The topological polar surface area (TPSA) is 105 Å². The fourth-order valence-corrected chi connectivity index (χ4v) is 4.44. The van der Waals surface area contributed by atoms with Gasteiger partial charge in [0.1, 0.15) is 12.6 Å². The van der Waals surface area contributed by atoms with E-state index in [0.29, 0.717) is 16.3 Å². The lowest BCUT2D eigenvalue weighted by atomic mass is 9.98. The van der Waals surface area contributed by atoms with Crippen LogP contribution >= 0.6 is 11.6 Å². The average molecular weight is 479 g/mol. The van der Waals surface area contributed by atoms with Crippen LogP contribution in [0.15, 0.2) is 66.7 Å². The summed E-state index contributed by atoms with van der Waals surface area (Å²) in [4.78, 5) is 36.7. The van der Waals surface area contributed by atoms with Crippen molar-refractivity contribution in [2.45, 2.75) is 25.3 Å². The quantitative estimate of drug-likeness (QED) is 0.444. The largest absolute Gasteiger partial charge is 0.481 e. The molecule has 0 fully saturated rings. The molecule has 0 saturated carbocycles. The molecule has 1 aliphatic carbocycles. The Morgan fingerprint density at radius 2 is 1.59 bits per heavy atom. The Hall–Kier alpha value is -3.84. The van der Waals surface area contributed by atoms with Crippen molar-refractivity contribution in [3.05, 3.63) is 88.4 Å². The van der Waals surface area contributed by atoms with Crippen molar-refractivity contribution in [1.29, 1.82) is 0 Å². The molecule has 7 nitrogen and oxygen atoms in total. The van der Waals surface area contributed by atoms with Crippen molar-refractivity contribution < 1.29 is 24.2 Å². The lowest BCUT2D eigenvalue weighted by molar-refractivity contribution is -0.139. The molecule has 0 bridgehead atoms. The van der Waals surface area contributed by atoms with Crippen LogP contribution in [0.4, 0.5) is 10.5 Å². The number of fused-ring (bicyclic) bond motifs is 3. The molecule has 4 rings (SSSR count). The summed E-state index contributed by atoms with van der Waals surface area (Å²) in [6.45, 7) is 1.80. The minimum absolute atomic E-state index is 0.0465. The Bertz CT molecular complexity index is 1190. The number of hydrogen-bond acceptors (Lipinski definition) is 4. The molecule has 0 aliphatic heterocycles. The first-order valence-electron chi connectivity index (χ1n) is 10.7.